The summed E-state index contributed by atoms with van der Waals surface area (Å²) in [5.41, 5.74) is 1.46. The molecular weight excluding hydrogens is 288 g/mol. The lowest BCUT2D eigenvalue weighted by Crippen LogP contribution is -2.27. The van der Waals surface area contributed by atoms with Gasteiger partial charge in [0.1, 0.15) is 11.5 Å². The van der Waals surface area contributed by atoms with Gasteiger partial charge in [-0.1, -0.05) is 43.7 Å². The Morgan fingerprint density at radius 2 is 1.83 bits per heavy atom. The van der Waals surface area contributed by atoms with E-state index in [2.05, 4.69) is 21.8 Å². The number of anilines is 1. The molecule has 2 rings (SSSR count). The molecule has 0 radical (unpaired) electrons. The second kappa shape index (κ2) is 8.27. The van der Waals surface area contributed by atoms with Crippen LogP contribution >= 0.6 is 0 Å². The molecule has 0 atom stereocenters. The summed E-state index contributed by atoms with van der Waals surface area (Å²) in [4.78, 5) is 24.8. The number of carbonyl (C=O) groups is 1. The van der Waals surface area contributed by atoms with Crippen molar-refractivity contribution in [1.29, 1.82) is 0 Å². The second-order valence-corrected chi connectivity index (χ2v) is 5.68. The fourth-order valence-corrected chi connectivity index (χ4v) is 2.26. The van der Waals surface area contributed by atoms with E-state index in [1.165, 1.54) is 0 Å². The molecule has 23 heavy (non-hydrogen) atoms. The van der Waals surface area contributed by atoms with Gasteiger partial charge in [-0.3, -0.25) is 4.79 Å². The summed E-state index contributed by atoms with van der Waals surface area (Å²) in [5.74, 6) is 0.671. The van der Waals surface area contributed by atoms with E-state index in [1.807, 2.05) is 37.4 Å². The van der Waals surface area contributed by atoms with Crippen LogP contribution in [0.15, 0.2) is 42.7 Å². The van der Waals surface area contributed by atoms with Crippen molar-refractivity contribution in [3.05, 3.63) is 54.0 Å². The summed E-state index contributed by atoms with van der Waals surface area (Å²) in [6.45, 7) is 3.65. The molecule has 2 aromatic rings. The molecule has 1 amide bonds. The topological polar surface area (TPSA) is 49.3 Å². The van der Waals surface area contributed by atoms with Gasteiger partial charge in [0.25, 0.3) is 5.91 Å². The highest BCUT2D eigenvalue weighted by molar-refractivity contribution is 5.91. The first kappa shape index (κ1) is 16.9. The monoisotopic (exact) mass is 312 g/mol. The van der Waals surface area contributed by atoms with E-state index in [1.54, 1.807) is 24.3 Å². The van der Waals surface area contributed by atoms with Crippen LogP contribution in [-0.4, -0.2) is 41.4 Å². The summed E-state index contributed by atoms with van der Waals surface area (Å²) in [5, 5.41) is 0. The number of aromatic nitrogens is 2. The van der Waals surface area contributed by atoms with Crippen molar-refractivity contribution >= 4 is 11.7 Å². The number of benzene rings is 1. The lowest BCUT2D eigenvalue weighted by molar-refractivity contribution is 0.0779. The standard InChI is InChI=1S/C18H24N4O/c1-4-5-11-21(2)17-13-19-16(12-20-17)18(23)22(3)14-15-9-7-6-8-10-15/h6-10,12-13H,4-5,11,14H2,1-3H3. The van der Waals surface area contributed by atoms with Crippen LogP contribution in [0, 0.1) is 0 Å². The molecule has 0 aliphatic rings. The molecule has 0 fully saturated rings. The molecule has 1 aromatic heterocycles. The van der Waals surface area contributed by atoms with Crippen molar-refractivity contribution < 1.29 is 4.79 Å². The number of rotatable bonds is 7. The fourth-order valence-electron chi connectivity index (χ4n) is 2.26. The summed E-state index contributed by atoms with van der Waals surface area (Å²) in [6, 6.07) is 9.90. The third-order valence-electron chi connectivity index (χ3n) is 3.70. The van der Waals surface area contributed by atoms with Gasteiger partial charge in [0.05, 0.1) is 12.4 Å². The predicted octanol–water partition coefficient (Wildman–Crippen LogP) is 2.99. The normalized spacial score (nSPS) is 10.4. The van der Waals surface area contributed by atoms with Gasteiger partial charge >= 0.3 is 0 Å². The Labute approximate surface area is 138 Å². The zero-order chi connectivity index (χ0) is 16.7. The van der Waals surface area contributed by atoms with E-state index in [0.717, 1.165) is 30.8 Å². The molecule has 1 aromatic carbocycles. The minimum absolute atomic E-state index is 0.121. The predicted molar refractivity (Wildman–Crippen MR) is 92.4 cm³/mol. The van der Waals surface area contributed by atoms with Crippen molar-refractivity contribution in [1.82, 2.24) is 14.9 Å². The third-order valence-corrected chi connectivity index (χ3v) is 3.70. The van der Waals surface area contributed by atoms with Crippen LogP contribution in [0.2, 0.25) is 0 Å². The summed E-state index contributed by atoms with van der Waals surface area (Å²) < 4.78 is 0. The highest BCUT2D eigenvalue weighted by atomic mass is 16.2. The molecule has 1 heterocycles. The van der Waals surface area contributed by atoms with Gasteiger partial charge in [0.2, 0.25) is 0 Å². The van der Waals surface area contributed by atoms with E-state index < -0.39 is 0 Å². The highest BCUT2D eigenvalue weighted by Crippen LogP contribution is 2.10. The van der Waals surface area contributed by atoms with Crippen LogP contribution in [0.1, 0.15) is 35.8 Å². The van der Waals surface area contributed by atoms with Crippen molar-refractivity contribution in [2.45, 2.75) is 26.3 Å². The number of hydrogen-bond donors (Lipinski definition) is 0. The van der Waals surface area contributed by atoms with Crippen molar-refractivity contribution in [2.75, 3.05) is 25.5 Å². The van der Waals surface area contributed by atoms with E-state index in [-0.39, 0.29) is 5.91 Å². The molecule has 0 saturated heterocycles. The molecular formula is C18H24N4O. The Hall–Kier alpha value is -2.43. The van der Waals surface area contributed by atoms with E-state index in [4.69, 9.17) is 0 Å². The van der Waals surface area contributed by atoms with Crippen LogP contribution in [0.5, 0.6) is 0 Å². The molecule has 0 aliphatic heterocycles. The molecule has 0 bridgehead atoms. The maximum Gasteiger partial charge on any atom is 0.274 e. The molecule has 5 heteroatoms. The van der Waals surface area contributed by atoms with Crippen LogP contribution in [-0.2, 0) is 6.54 Å². The van der Waals surface area contributed by atoms with Crippen molar-refractivity contribution in [3.8, 4) is 0 Å². The Kier molecular flexibility index (Phi) is 6.09. The number of nitrogens with zero attached hydrogens (tertiary/aromatic N) is 4. The molecule has 5 nitrogen and oxygen atoms in total. The number of unbranched alkanes of at least 4 members (excludes halogenated alkanes) is 1. The van der Waals surface area contributed by atoms with E-state index in [9.17, 15) is 4.79 Å². The van der Waals surface area contributed by atoms with E-state index in [0.29, 0.717) is 12.2 Å². The third kappa shape index (κ3) is 4.77. The zero-order valence-corrected chi connectivity index (χ0v) is 14.1. The first-order chi connectivity index (χ1) is 11.1. The van der Waals surface area contributed by atoms with Crippen LogP contribution in [0.3, 0.4) is 0 Å². The Morgan fingerprint density at radius 3 is 2.43 bits per heavy atom. The van der Waals surface area contributed by atoms with Crippen molar-refractivity contribution in [3.63, 3.8) is 0 Å². The average Bonchev–Trinajstić information content (AvgIpc) is 2.60. The first-order valence-electron chi connectivity index (χ1n) is 7.94. The smallest absolute Gasteiger partial charge is 0.274 e. The number of carbonyl (C=O) groups excluding carboxylic acids is 1. The first-order valence-corrected chi connectivity index (χ1v) is 7.94. The van der Waals surface area contributed by atoms with Gasteiger partial charge in [0.15, 0.2) is 0 Å². The molecule has 0 unspecified atom stereocenters. The summed E-state index contributed by atoms with van der Waals surface area (Å²) >= 11 is 0. The van der Waals surface area contributed by atoms with Gasteiger partial charge in [0, 0.05) is 27.2 Å². The van der Waals surface area contributed by atoms with E-state index >= 15 is 0 Å². The van der Waals surface area contributed by atoms with Crippen LogP contribution in [0.25, 0.3) is 0 Å². The Morgan fingerprint density at radius 1 is 1.09 bits per heavy atom. The van der Waals surface area contributed by atoms with Crippen LogP contribution < -0.4 is 4.90 Å². The van der Waals surface area contributed by atoms with Gasteiger partial charge in [-0.2, -0.15) is 0 Å². The molecule has 0 N–H and O–H groups in total. The lowest BCUT2D eigenvalue weighted by Gasteiger charge is -2.19. The van der Waals surface area contributed by atoms with Gasteiger partial charge < -0.3 is 9.80 Å². The largest absolute Gasteiger partial charge is 0.358 e. The Balaban J connectivity index is 1.99. The fraction of sp³-hybridized carbons (Fsp3) is 0.389. The highest BCUT2D eigenvalue weighted by Gasteiger charge is 2.14. The van der Waals surface area contributed by atoms with Gasteiger partial charge in [-0.25, -0.2) is 9.97 Å². The lowest BCUT2D eigenvalue weighted by atomic mass is 10.2. The molecule has 0 aliphatic carbocycles. The number of hydrogen-bond acceptors (Lipinski definition) is 4. The molecule has 122 valence electrons. The average molecular weight is 312 g/mol. The SMILES string of the molecule is CCCCN(C)c1cnc(C(=O)N(C)Cc2ccccc2)cn1. The summed E-state index contributed by atoms with van der Waals surface area (Å²) in [6.07, 6.45) is 5.47. The molecule has 0 saturated carbocycles. The Bertz CT molecular complexity index is 613. The second-order valence-electron chi connectivity index (χ2n) is 5.68. The maximum absolute atomic E-state index is 12.4. The van der Waals surface area contributed by atoms with Crippen LogP contribution in [0.4, 0.5) is 5.82 Å². The van der Waals surface area contributed by atoms with Crippen molar-refractivity contribution in [2.24, 2.45) is 0 Å². The summed E-state index contributed by atoms with van der Waals surface area (Å²) in [7, 11) is 3.76. The van der Waals surface area contributed by atoms with Gasteiger partial charge in [-0.15, -0.1) is 0 Å². The maximum atomic E-state index is 12.4. The van der Waals surface area contributed by atoms with Gasteiger partial charge in [-0.05, 0) is 12.0 Å². The quantitative estimate of drug-likeness (QED) is 0.788. The minimum atomic E-state index is -0.121. The molecule has 0 spiro atoms. The zero-order valence-electron chi connectivity index (χ0n) is 14.1. The number of amides is 1. The minimum Gasteiger partial charge on any atom is -0.358 e.